The summed E-state index contributed by atoms with van der Waals surface area (Å²) in [6.07, 6.45) is 1.76. The van der Waals surface area contributed by atoms with Crippen LogP contribution in [0.2, 0.25) is 0 Å². The van der Waals surface area contributed by atoms with E-state index in [0.29, 0.717) is 11.3 Å². The molecule has 1 aromatic rings. The van der Waals surface area contributed by atoms with Gasteiger partial charge in [0, 0.05) is 5.57 Å². The van der Waals surface area contributed by atoms with Gasteiger partial charge in [-0.15, -0.1) is 0 Å². The molecule has 84 valence electrons. The monoisotopic (exact) mass is 225 g/mol. The normalized spacial score (nSPS) is 17.2. The van der Waals surface area contributed by atoms with E-state index < -0.39 is 5.97 Å². The second-order valence-corrected chi connectivity index (χ2v) is 3.92. The van der Waals surface area contributed by atoms with Gasteiger partial charge in [0.15, 0.2) is 0 Å². The number of rotatable bonds is 1. The lowest BCUT2D eigenvalue weighted by atomic mass is 10.1. The van der Waals surface area contributed by atoms with Gasteiger partial charge >= 0.3 is 5.97 Å². The van der Waals surface area contributed by atoms with Crippen molar-refractivity contribution in [2.24, 2.45) is 0 Å². The number of ether oxygens (including phenoxy) is 1. The highest BCUT2D eigenvalue weighted by atomic mass is 16.5. The van der Waals surface area contributed by atoms with Crippen molar-refractivity contribution in [1.82, 2.24) is 0 Å². The lowest BCUT2D eigenvalue weighted by Crippen LogP contribution is -1.96. The summed E-state index contributed by atoms with van der Waals surface area (Å²) >= 11 is 0. The van der Waals surface area contributed by atoms with Gasteiger partial charge < -0.3 is 4.74 Å². The summed E-state index contributed by atoms with van der Waals surface area (Å²) in [7, 11) is 0. The van der Waals surface area contributed by atoms with Crippen LogP contribution in [0.1, 0.15) is 18.1 Å². The van der Waals surface area contributed by atoms with Crippen molar-refractivity contribution in [3.05, 3.63) is 52.3 Å². The molecule has 0 N–H and O–H groups in total. The Hall–Kier alpha value is -2.34. The molecule has 3 heteroatoms. The minimum atomic E-state index is -0.566. The second-order valence-electron chi connectivity index (χ2n) is 3.92. The highest BCUT2D eigenvalue weighted by Gasteiger charge is 2.26. The number of benzene rings is 1. The third kappa shape index (κ3) is 2.11. The molecule has 2 rings (SSSR count). The van der Waals surface area contributed by atoms with Gasteiger partial charge in [-0.25, -0.2) is 4.79 Å². The Morgan fingerprint density at radius 3 is 2.41 bits per heavy atom. The van der Waals surface area contributed by atoms with Crippen LogP contribution in [0.5, 0.6) is 0 Å². The second kappa shape index (κ2) is 4.26. The van der Waals surface area contributed by atoms with Gasteiger partial charge in [-0.05, 0) is 25.5 Å². The van der Waals surface area contributed by atoms with Crippen LogP contribution in [-0.2, 0) is 9.53 Å². The number of nitrogens with zero attached hydrogens (tertiary/aromatic N) is 1. The number of allylic oxidation sites excluding steroid dienone is 1. The van der Waals surface area contributed by atoms with Crippen LogP contribution < -0.4 is 0 Å². The highest BCUT2D eigenvalue weighted by Crippen LogP contribution is 2.27. The molecule has 0 aromatic heterocycles. The van der Waals surface area contributed by atoms with Crippen LogP contribution in [0.25, 0.3) is 6.08 Å². The van der Waals surface area contributed by atoms with Crippen LogP contribution in [0.15, 0.2) is 41.2 Å². The summed E-state index contributed by atoms with van der Waals surface area (Å²) in [5.74, 6) is -0.112. The summed E-state index contributed by atoms with van der Waals surface area (Å²) in [5.41, 5.74) is 2.79. The fourth-order valence-electron chi connectivity index (χ4n) is 1.59. The van der Waals surface area contributed by atoms with Crippen molar-refractivity contribution in [2.75, 3.05) is 0 Å². The van der Waals surface area contributed by atoms with E-state index in [1.54, 1.807) is 13.0 Å². The van der Waals surface area contributed by atoms with E-state index in [-0.39, 0.29) is 5.57 Å². The van der Waals surface area contributed by atoms with Crippen LogP contribution >= 0.6 is 0 Å². The Kier molecular flexibility index (Phi) is 2.80. The van der Waals surface area contributed by atoms with Crippen LogP contribution in [0.4, 0.5) is 0 Å². The zero-order valence-electron chi connectivity index (χ0n) is 9.65. The van der Waals surface area contributed by atoms with Crippen LogP contribution in [-0.4, -0.2) is 5.97 Å². The molecule has 0 fully saturated rings. The molecule has 1 aromatic carbocycles. The molecule has 1 aliphatic rings. The zero-order valence-corrected chi connectivity index (χ0v) is 9.65. The van der Waals surface area contributed by atoms with Gasteiger partial charge in [-0.1, -0.05) is 29.8 Å². The lowest BCUT2D eigenvalue weighted by molar-refractivity contribution is -0.132. The van der Waals surface area contributed by atoms with Crippen molar-refractivity contribution in [3.63, 3.8) is 0 Å². The first kappa shape index (κ1) is 11.2. The van der Waals surface area contributed by atoms with E-state index in [1.165, 1.54) is 5.56 Å². The van der Waals surface area contributed by atoms with Crippen LogP contribution in [0, 0.1) is 18.3 Å². The Labute approximate surface area is 99.6 Å². The number of hydrogen-bond donors (Lipinski definition) is 0. The number of carbonyl (C=O) groups is 1. The summed E-state index contributed by atoms with van der Waals surface area (Å²) in [6, 6.07) is 9.69. The maximum Gasteiger partial charge on any atom is 0.354 e. The van der Waals surface area contributed by atoms with Crippen molar-refractivity contribution in [2.45, 2.75) is 13.8 Å². The van der Waals surface area contributed by atoms with E-state index in [1.807, 2.05) is 37.3 Å². The summed E-state index contributed by atoms with van der Waals surface area (Å²) in [4.78, 5) is 11.3. The molecular weight excluding hydrogens is 214 g/mol. The van der Waals surface area contributed by atoms with E-state index in [2.05, 4.69) is 0 Å². The molecule has 0 unspecified atom stereocenters. The number of hydrogen-bond acceptors (Lipinski definition) is 3. The van der Waals surface area contributed by atoms with Crippen LogP contribution in [0.3, 0.4) is 0 Å². The van der Waals surface area contributed by atoms with Crippen molar-refractivity contribution < 1.29 is 9.53 Å². The first-order chi connectivity index (χ1) is 8.11. The van der Waals surface area contributed by atoms with Gasteiger partial charge in [-0.2, -0.15) is 5.26 Å². The number of nitriles is 1. The first-order valence-corrected chi connectivity index (χ1v) is 5.23. The first-order valence-electron chi connectivity index (χ1n) is 5.23. The van der Waals surface area contributed by atoms with Gasteiger partial charge in [0.2, 0.25) is 0 Å². The molecule has 1 aliphatic heterocycles. The largest absolute Gasteiger partial charge is 0.422 e. The van der Waals surface area contributed by atoms with E-state index >= 15 is 0 Å². The molecule has 0 amide bonds. The molecule has 0 spiro atoms. The Morgan fingerprint density at radius 1 is 1.24 bits per heavy atom. The van der Waals surface area contributed by atoms with E-state index in [4.69, 9.17) is 10.00 Å². The Balaban J connectivity index is 2.38. The summed E-state index contributed by atoms with van der Waals surface area (Å²) in [5, 5.41) is 8.79. The Morgan fingerprint density at radius 2 is 1.88 bits per heavy atom. The van der Waals surface area contributed by atoms with Crippen molar-refractivity contribution in [3.8, 4) is 6.07 Å². The zero-order chi connectivity index (χ0) is 12.4. The molecule has 3 nitrogen and oxygen atoms in total. The highest BCUT2D eigenvalue weighted by molar-refractivity contribution is 5.99. The maximum absolute atomic E-state index is 11.3. The van der Waals surface area contributed by atoms with E-state index in [9.17, 15) is 4.79 Å². The van der Waals surface area contributed by atoms with Gasteiger partial charge in [0.1, 0.15) is 17.4 Å². The molecule has 0 saturated heterocycles. The Bertz CT molecular complexity index is 571. The molecular formula is C14H11NO2. The maximum atomic E-state index is 11.3. The van der Waals surface area contributed by atoms with Crippen molar-refractivity contribution >= 4 is 12.0 Å². The minimum Gasteiger partial charge on any atom is -0.422 e. The fourth-order valence-corrected chi connectivity index (χ4v) is 1.59. The molecule has 0 atom stereocenters. The fraction of sp³-hybridized carbons (Fsp3) is 0.143. The molecule has 0 radical (unpaired) electrons. The van der Waals surface area contributed by atoms with Gasteiger partial charge in [0.25, 0.3) is 0 Å². The lowest BCUT2D eigenvalue weighted by Gasteiger charge is -1.99. The number of aryl methyl sites for hydroxylation is 1. The minimum absolute atomic E-state index is 0.0864. The molecule has 17 heavy (non-hydrogen) atoms. The topological polar surface area (TPSA) is 50.1 Å². The molecule has 0 bridgehead atoms. The third-order valence-corrected chi connectivity index (χ3v) is 2.64. The van der Waals surface area contributed by atoms with E-state index in [0.717, 1.165) is 5.56 Å². The summed E-state index contributed by atoms with van der Waals surface area (Å²) in [6.45, 7) is 3.72. The quantitative estimate of drug-likeness (QED) is 0.690. The SMILES string of the molecule is CC1=C(C#N)C(=O)OC1=Cc1ccc(C)cc1. The molecule has 1 heterocycles. The van der Waals surface area contributed by atoms with Gasteiger partial charge in [-0.3, -0.25) is 0 Å². The summed E-state index contributed by atoms with van der Waals surface area (Å²) < 4.78 is 5.04. The predicted molar refractivity (Wildman–Crippen MR) is 63.6 cm³/mol. The van der Waals surface area contributed by atoms with Crippen molar-refractivity contribution in [1.29, 1.82) is 5.26 Å². The number of esters is 1. The molecule has 0 aliphatic carbocycles. The smallest absolute Gasteiger partial charge is 0.354 e. The molecule has 0 saturated carbocycles. The number of carbonyl (C=O) groups excluding carboxylic acids is 1. The van der Waals surface area contributed by atoms with Gasteiger partial charge in [0.05, 0.1) is 0 Å². The third-order valence-electron chi connectivity index (χ3n) is 2.64. The standard InChI is InChI=1S/C14H11NO2/c1-9-3-5-11(6-4-9)7-13-10(2)12(8-15)14(16)17-13/h3-7H,1-2H3. The predicted octanol–water partition coefficient (Wildman–Crippen LogP) is 2.73. The number of cyclic esters (lactones) is 1. The average molecular weight is 225 g/mol. The average Bonchev–Trinajstić information content (AvgIpc) is 2.57.